The Hall–Kier alpha value is -1.72. The van der Waals surface area contributed by atoms with Crippen molar-refractivity contribution in [2.24, 2.45) is 0 Å². The number of piperidine rings is 1. The molecule has 1 amide bonds. The van der Waals surface area contributed by atoms with E-state index in [9.17, 15) is 18.4 Å². The summed E-state index contributed by atoms with van der Waals surface area (Å²) < 4.78 is 26.1. The number of pyridine rings is 1. The smallest absolute Gasteiger partial charge is 0.259 e. The van der Waals surface area contributed by atoms with Crippen LogP contribution >= 0.6 is 0 Å². The van der Waals surface area contributed by atoms with Gasteiger partial charge in [0.05, 0.1) is 0 Å². The summed E-state index contributed by atoms with van der Waals surface area (Å²) in [6, 6.07) is 1.35. The first kappa shape index (κ1) is 13.7. The molecule has 0 radical (unpaired) electrons. The number of H-pyrrole nitrogens is 1. The number of aromatic nitrogens is 1. The topological polar surface area (TPSA) is 53.2 Å². The number of amides is 1. The van der Waals surface area contributed by atoms with Crippen LogP contribution in [0.1, 0.15) is 34.6 Å². The Balaban J connectivity index is 2.24. The van der Waals surface area contributed by atoms with Gasteiger partial charge in [-0.1, -0.05) is 0 Å². The van der Waals surface area contributed by atoms with E-state index in [1.807, 2.05) is 0 Å². The quantitative estimate of drug-likeness (QED) is 0.847. The monoisotopic (exact) mass is 270 g/mol. The average Bonchev–Trinajstić information content (AvgIpc) is 2.27. The van der Waals surface area contributed by atoms with E-state index in [0.717, 1.165) is 0 Å². The van der Waals surface area contributed by atoms with E-state index in [0.29, 0.717) is 11.4 Å². The van der Waals surface area contributed by atoms with Crippen molar-refractivity contribution in [1.82, 2.24) is 9.88 Å². The minimum atomic E-state index is -2.70. The number of rotatable bonds is 1. The molecule has 0 unspecified atom stereocenters. The van der Waals surface area contributed by atoms with E-state index in [-0.39, 0.29) is 36.9 Å². The van der Waals surface area contributed by atoms with E-state index < -0.39 is 11.8 Å². The zero-order valence-electron chi connectivity index (χ0n) is 10.9. The van der Waals surface area contributed by atoms with Crippen molar-refractivity contribution in [3.63, 3.8) is 0 Å². The number of aromatic amines is 1. The Morgan fingerprint density at radius 2 is 1.89 bits per heavy atom. The number of hydrogen-bond donors (Lipinski definition) is 1. The van der Waals surface area contributed by atoms with E-state index in [2.05, 4.69) is 4.98 Å². The molecule has 0 aromatic carbocycles. The van der Waals surface area contributed by atoms with Crippen molar-refractivity contribution in [2.75, 3.05) is 13.1 Å². The molecule has 0 saturated carbocycles. The third-order valence-corrected chi connectivity index (χ3v) is 3.35. The standard InChI is InChI=1S/C13H16F2N2O2/c1-8-7-10(18)11(9(2)16-8)12(19)17-5-3-13(14,15)4-6-17/h7H,3-6H2,1-2H3,(H,16,18). The number of hydrogen-bond acceptors (Lipinski definition) is 2. The minimum Gasteiger partial charge on any atom is -0.362 e. The second kappa shape index (κ2) is 4.75. The molecule has 1 aromatic heterocycles. The number of aryl methyl sites for hydroxylation is 2. The fourth-order valence-corrected chi connectivity index (χ4v) is 2.31. The summed E-state index contributed by atoms with van der Waals surface area (Å²) >= 11 is 0. The van der Waals surface area contributed by atoms with Crippen LogP contribution in [0.5, 0.6) is 0 Å². The van der Waals surface area contributed by atoms with Gasteiger partial charge in [-0.3, -0.25) is 9.59 Å². The zero-order valence-corrected chi connectivity index (χ0v) is 10.9. The molecule has 6 heteroatoms. The van der Waals surface area contributed by atoms with Crippen LogP contribution in [-0.4, -0.2) is 34.8 Å². The van der Waals surface area contributed by atoms with Gasteiger partial charge in [0.2, 0.25) is 0 Å². The van der Waals surface area contributed by atoms with Gasteiger partial charge in [-0.15, -0.1) is 0 Å². The van der Waals surface area contributed by atoms with Crippen LogP contribution in [0, 0.1) is 13.8 Å². The molecule has 1 aromatic rings. The van der Waals surface area contributed by atoms with Gasteiger partial charge in [0, 0.05) is 43.4 Å². The molecule has 2 rings (SSSR count). The molecule has 0 atom stereocenters. The minimum absolute atomic E-state index is 0.0153. The van der Waals surface area contributed by atoms with E-state index in [1.165, 1.54) is 11.0 Å². The van der Waals surface area contributed by atoms with E-state index in [1.54, 1.807) is 13.8 Å². The molecular weight excluding hydrogens is 254 g/mol. The number of carbonyl (C=O) groups is 1. The zero-order chi connectivity index (χ0) is 14.2. The largest absolute Gasteiger partial charge is 0.362 e. The van der Waals surface area contributed by atoms with Crippen LogP contribution in [-0.2, 0) is 0 Å². The average molecular weight is 270 g/mol. The SMILES string of the molecule is Cc1cc(=O)c(C(=O)N2CCC(F)(F)CC2)c(C)[nH]1. The lowest BCUT2D eigenvalue weighted by Crippen LogP contribution is -2.44. The highest BCUT2D eigenvalue weighted by atomic mass is 19.3. The van der Waals surface area contributed by atoms with Crippen LogP contribution in [0.4, 0.5) is 8.78 Å². The summed E-state index contributed by atoms with van der Waals surface area (Å²) in [5, 5.41) is 0. The van der Waals surface area contributed by atoms with Gasteiger partial charge in [0.15, 0.2) is 5.43 Å². The fraction of sp³-hybridized carbons (Fsp3) is 0.538. The van der Waals surface area contributed by atoms with Crippen molar-refractivity contribution >= 4 is 5.91 Å². The summed E-state index contributed by atoms with van der Waals surface area (Å²) in [6.45, 7) is 3.33. The Kier molecular flexibility index (Phi) is 3.43. The molecule has 1 N–H and O–H groups in total. The van der Waals surface area contributed by atoms with Gasteiger partial charge in [-0.2, -0.15) is 0 Å². The van der Waals surface area contributed by atoms with Gasteiger partial charge >= 0.3 is 0 Å². The first-order valence-corrected chi connectivity index (χ1v) is 6.18. The first-order valence-electron chi connectivity index (χ1n) is 6.18. The molecular formula is C13H16F2N2O2. The van der Waals surface area contributed by atoms with E-state index >= 15 is 0 Å². The molecule has 1 aliphatic rings. The number of alkyl halides is 2. The predicted octanol–water partition coefficient (Wildman–Crippen LogP) is 1.86. The summed E-state index contributed by atoms with van der Waals surface area (Å²) in [4.78, 5) is 28.3. The normalized spacial score (nSPS) is 18.4. The highest BCUT2D eigenvalue weighted by Crippen LogP contribution is 2.28. The van der Waals surface area contributed by atoms with Gasteiger partial charge in [-0.05, 0) is 13.8 Å². The predicted molar refractivity (Wildman–Crippen MR) is 66.6 cm³/mol. The molecule has 1 aliphatic heterocycles. The Labute approximate surface area is 109 Å². The van der Waals surface area contributed by atoms with Gasteiger partial charge < -0.3 is 9.88 Å². The van der Waals surface area contributed by atoms with Crippen LogP contribution in [0.2, 0.25) is 0 Å². The van der Waals surface area contributed by atoms with Crippen LogP contribution in [0.15, 0.2) is 10.9 Å². The first-order chi connectivity index (χ1) is 8.80. The van der Waals surface area contributed by atoms with Crippen molar-refractivity contribution < 1.29 is 13.6 Å². The summed E-state index contributed by atoms with van der Waals surface area (Å²) in [5.41, 5.74) is 0.837. The van der Waals surface area contributed by atoms with Crippen molar-refractivity contribution in [3.8, 4) is 0 Å². The highest BCUT2D eigenvalue weighted by molar-refractivity contribution is 5.95. The fourth-order valence-electron chi connectivity index (χ4n) is 2.31. The molecule has 104 valence electrons. The van der Waals surface area contributed by atoms with Crippen LogP contribution < -0.4 is 5.43 Å². The maximum atomic E-state index is 13.0. The van der Waals surface area contributed by atoms with Crippen molar-refractivity contribution in [2.45, 2.75) is 32.6 Å². The molecule has 19 heavy (non-hydrogen) atoms. The van der Waals surface area contributed by atoms with E-state index in [4.69, 9.17) is 0 Å². The lowest BCUT2D eigenvalue weighted by molar-refractivity contribution is -0.0494. The van der Waals surface area contributed by atoms with Crippen molar-refractivity contribution in [3.05, 3.63) is 33.2 Å². The number of carbonyl (C=O) groups excluding carboxylic acids is 1. The van der Waals surface area contributed by atoms with Crippen molar-refractivity contribution in [1.29, 1.82) is 0 Å². The lowest BCUT2D eigenvalue weighted by Gasteiger charge is -2.31. The molecule has 1 saturated heterocycles. The molecule has 0 spiro atoms. The second-order valence-corrected chi connectivity index (χ2v) is 4.96. The maximum absolute atomic E-state index is 13.0. The molecule has 4 nitrogen and oxygen atoms in total. The third-order valence-electron chi connectivity index (χ3n) is 3.35. The number of nitrogens with one attached hydrogen (secondary N) is 1. The lowest BCUT2D eigenvalue weighted by atomic mass is 10.0. The highest BCUT2D eigenvalue weighted by Gasteiger charge is 2.36. The Morgan fingerprint density at radius 1 is 1.32 bits per heavy atom. The maximum Gasteiger partial charge on any atom is 0.259 e. The molecule has 0 aliphatic carbocycles. The van der Waals surface area contributed by atoms with Gasteiger partial charge in [0.25, 0.3) is 11.8 Å². The molecule has 2 heterocycles. The molecule has 0 bridgehead atoms. The summed E-state index contributed by atoms with van der Waals surface area (Å²) in [7, 11) is 0. The number of nitrogens with zero attached hydrogens (tertiary/aromatic N) is 1. The third kappa shape index (κ3) is 2.83. The van der Waals surface area contributed by atoms with Crippen LogP contribution in [0.25, 0.3) is 0 Å². The van der Waals surface area contributed by atoms with Gasteiger partial charge in [-0.25, -0.2) is 8.78 Å². The molecule has 1 fully saturated rings. The number of halogens is 2. The van der Waals surface area contributed by atoms with Crippen LogP contribution in [0.3, 0.4) is 0 Å². The van der Waals surface area contributed by atoms with Gasteiger partial charge in [0.1, 0.15) is 5.56 Å². The Morgan fingerprint density at radius 3 is 2.42 bits per heavy atom. The second-order valence-electron chi connectivity index (χ2n) is 4.96. The number of likely N-dealkylation sites (tertiary alicyclic amines) is 1. The summed E-state index contributed by atoms with van der Waals surface area (Å²) in [6.07, 6.45) is -0.691. The summed E-state index contributed by atoms with van der Waals surface area (Å²) in [5.74, 6) is -3.17. The Bertz CT molecular complexity index is 556.